The second-order valence-corrected chi connectivity index (χ2v) is 6.16. The van der Waals surface area contributed by atoms with Gasteiger partial charge in [0.15, 0.2) is 0 Å². The van der Waals surface area contributed by atoms with Gasteiger partial charge in [-0.3, -0.25) is 10.1 Å². The van der Waals surface area contributed by atoms with Gasteiger partial charge in [0.1, 0.15) is 0 Å². The number of thiophene rings is 1. The Bertz CT molecular complexity index is 683. The van der Waals surface area contributed by atoms with Crippen molar-refractivity contribution < 1.29 is 4.92 Å². The van der Waals surface area contributed by atoms with Crippen LogP contribution in [0.4, 0.5) is 17.1 Å². The number of nitro benzene ring substituents is 1. The largest absolute Gasteiger partial charge is 0.388 e. The summed E-state index contributed by atoms with van der Waals surface area (Å²) in [4.78, 5) is 14.4. The summed E-state index contributed by atoms with van der Waals surface area (Å²) < 4.78 is 0. The number of nitro groups is 1. The van der Waals surface area contributed by atoms with Crippen molar-refractivity contribution in [2.45, 2.75) is 19.4 Å². The molecular weight excluding hydrogens is 286 g/mol. The van der Waals surface area contributed by atoms with Crippen molar-refractivity contribution in [3.05, 3.63) is 50.2 Å². The van der Waals surface area contributed by atoms with E-state index in [1.165, 1.54) is 10.4 Å². The molecule has 5 nitrogen and oxygen atoms in total. The summed E-state index contributed by atoms with van der Waals surface area (Å²) >= 11 is 1.79. The Morgan fingerprint density at radius 2 is 2.24 bits per heavy atom. The van der Waals surface area contributed by atoms with Gasteiger partial charge in [-0.1, -0.05) is 0 Å². The number of anilines is 2. The molecule has 0 saturated carbocycles. The van der Waals surface area contributed by atoms with E-state index in [9.17, 15) is 10.1 Å². The number of nitrogens with one attached hydrogen (secondary N) is 1. The number of nitrogens with zero attached hydrogens (tertiary/aromatic N) is 2. The molecule has 0 fully saturated rings. The lowest BCUT2D eigenvalue weighted by atomic mass is 10.0. The minimum absolute atomic E-state index is 0.125. The minimum Gasteiger partial charge on any atom is -0.388 e. The van der Waals surface area contributed by atoms with E-state index in [1.807, 2.05) is 6.07 Å². The Hall–Kier alpha value is -2.08. The van der Waals surface area contributed by atoms with E-state index in [2.05, 4.69) is 28.6 Å². The molecule has 1 N–H and O–H groups in total. The molecule has 2 heterocycles. The summed E-state index contributed by atoms with van der Waals surface area (Å²) in [7, 11) is 1.78. The average Bonchev–Trinajstić information content (AvgIpc) is 2.96. The molecule has 1 aromatic carbocycles. The SMILES string of the molecule is CNc1cc(N2CCc3sccc3C2C)cc([N+](=O)[O-])c1. The summed E-state index contributed by atoms with van der Waals surface area (Å²) in [6.07, 6.45) is 0.995. The van der Waals surface area contributed by atoms with Crippen molar-refractivity contribution in [2.24, 2.45) is 0 Å². The number of non-ortho nitro benzene ring substituents is 1. The first-order chi connectivity index (χ1) is 10.1. The molecule has 21 heavy (non-hydrogen) atoms. The van der Waals surface area contributed by atoms with Crippen LogP contribution in [-0.4, -0.2) is 18.5 Å². The number of hydrogen-bond acceptors (Lipinski definition) is 5. The van der Waals surface area contributed by atoms with Gasteiger partial charge in [-0.25, -0.2) is 0 Å². The topological polar surface area (TPSA) is 58.4 Å². The van der Waals surface area contributed by atoms with E-state index in [1.54, 1.807) is 30.5 Å². The van der Waals surface area contributed by atoms with Crippen molar-refractivity contribution in [3.63, 3.8) is 0 Å². The number of rotatable bonds is 3. The van der Waals surface area contributed by atoms with Crippen molar-refractivity contribution in [3.8, 4) is 0 Å². The average molecular weight is 303 g/mol. The highest BCUT2D eigenvalue weighted by molar-refractivity contribution is 7.10. The van der Waals surface area contributed by atoms with Gasteiger partial charge < -0.3 is 10.2 Å². The first-order valence-corrected chi connectivity index (χ1v) is 7.78. The molecular formula is C15H17N3O2S. The maximum Gasteiger partial charge on any atom is 0.273 e. The highest BCUT2D eigenvalue weighted by Crippen LogP contribution is 2.38. The van der Waals surface area contributed by atoms with Crippen molar-refractivity contribution in [1.82, 2.24) is 0 Å². The third kappa shape index (κ3) is 2.47. The van der Waals surface area contributed by atoms with Crippen LogP contribution in [0.1, 0.15) is 23.4 Å². The highest BCUT2D eigenvalue weighted by Gasteiger charge is 2.26. The zero-order valence-electron chi connectivity index (χ0n) is 12.0. The third-order valence-corrected chi connectivity index (χ3v) is 5.01. The van der Waals surface area contributed by atoms with E-state index in [4.69, 9.17) is 0 Å². The van der Waals surface area contributed by atoms with Crippen LogP contribution in [0, 0.1) is 10.1 Å². The minimum atomic E-state index is -0.338. The summed E-state index contributed by atoms with van der Waals surface area (Å²) in [6.45, 7) is 3.04. The molecule has 1 aromatic heterocycles. The first kappa shape index (κ1) is 13.9. The van der Waals surface area contributed by atoms with Gasteiger partial charge in [-0.05, 0) is 36.4 Å². The van der Waals surface area contributed by atoms with Crippen LogP contribution >= 0.6 is 11.3 Å². The van der Waals surface area contributed by atoms with Crippen LogP contribution in [0.15, 0.2) is 29.6 Å². The van der Waals surface area contributed by atoms with E-state index in [-0.39, 0.29) is 16.7 Å². The molecule has 2 aromatic rings. The van der Waals surface area contributed by atoms with E-state index >= 15 is 0 Å². The van der Waals surface area contributed by atoms with Crippen molar-refractivity contribution >= 4 is 28.4 Å². The van der Waals surface area contributed by atoms with Crippen LogP contribution < -0.4 is 10.2 Å². The fraction of sp³-hybridized carbons (Fsp3) is 0.333. The number of benzene rings is 1. The number of fused-ring (bicyclic) bond motifs is 1. The van der Waals surface area contributed by atoms with Gasteiger partial charge in [0, 0.05) is 42.0 Å². The second-order valence-electron chi connectivity index (χ2n) is 5.16. The van der Waals surface area contributed by atoms with Gasteiger partial charge in [0.05, 0.1) is 11.0 Å². The molecule has 1 unspecified atom stereocenters. The zero-order valence-corrected chi connectivity index (χ0v) is 12.8. The molecule has 1 aliphatic heterocycles. The van der Waals surface area contributed by atoms with Crippen LogP contribution in [-0.2, 0) is 6.42 Å². The lowest BCUT2D eigenvalue weighted by Gasteiger charge is -2.35. The fourth-order valence-electron chi connectivity index (χ4n) is 2.87. The molecule has 0 bridgehead atoms. The van der Waals surface area contributed by atoms with Gasteiger partial charge in [0.2, 0.25) is 0 Å². The van der Waals surface area contributed by atoms with Crippen LogP contribution in [0.2, 0.25) is 0 Å². The second kappa shape index (κ2) is 5.37. The fourth-order valence-corrected chi connectivity index (χ4v) is 3.84. The molecule has 0 saturated heterocycles. The highest BCUT2D eigenvalue weighted by atomic mass is 32.1. The van der Waals surface area contributed by atoms with E-state index < -0.39 is 0 Å². The standard InChI is InChI=1S/C15H17N3O2S/c1-10-14-4-6-21-15(14)3-5-17(10)12-7-11(16-2)8-13(9-12)18(19)20/h4,6-10,16H,3,5H2,1-2H3. The van der Waals surface area contributed by atoms with Crippen LogP contribution in [0.3, 0.4) is 0 Å². The van der Waals surface area contributed by atoms with Crippen molar-refractivity contribution in [2.75, 3.05) is 23.8 Å². The van der Waals surface area contributed by atoms with Gasteiger partial charge in [-0.2, -0.15) is 0 Å². The number of hydrogen-bond donors (Lipinski definition) is 1. The molecule has 0 amide bonds. The lowest BCUT2D eigenvalue weighted by Crippen LogP contribution is -2.33. The summed E-state index contributed by atoms with van der Waals surface area (Å²) in [6, 6.07) is 7.60. The lowest BCUT2D eigenvalue weighted by molar-refractivity contribution is -0.384. The zero-order chi connectivity index (χ0) is 15.0. The summed E-state index contributed by atoms with van der Waals surface area (Å²) in [5, 5.41) is 16.2. The molecule has 1 aliphatic rings. The normalized spacial score (nSPS) is 17.4. The smallest absolute Gasteiger partial charge is 0.273 e. The Kier molecular flexibility index (Phi) is 3.55. The molecule has 3 rings (SSSR count). The Balaban J connectivity index is 2.01. The summed E-state index contributed by atoms with van der Waals surface area (Å²) in [5.41, 5.74) is 3.13. The van der Waals surface area contributed by atoms with E-state index in [0.717, 1.165) is 24.3 Å². The van der Waals surface area contributed by atoms with Crippen LogP contribution in [0.25, 0.3) is 0 Å². The molecule has 6 heteroatoms. The molecule has 0 aliphatic carbocycles. The van der Waals surface area contributed by atoms with Gasteiger partial charge >= 0.3 is 0 Å². The van der Waals surface area contributed by atoms with Crippen molar-refractivity contribution in [1.29, 1.82) is 0 Å². The monoisotopic (exact) mass is 303 g/mol. The maximum atomic E-state index is 11.1. The molecule has 1 atom stereocenters. The molecule has 0 radical (unpaired) electrons. The molecule has 110 valence electrons. The van der Waals surface area contributed by atoms with Gasteiger partial charge in [0.25, 0.3) is 5.69 Å². The quantitative estimate of drug-likeness (QED) is 0.691. The first-order valence-electron chi connectivity index (χ1n) is 6.90. The Labute approximate surface area is 127 Å². The van der Waals surface area contributed by atoms with E-state index in [0.29, 0.717) is 0 Å². The summed E-state index contributed by atoms with van der Waals surface area (Å²) in [5.74, 6) is 0. The van der Waals surface area contributed by atoms with Crippen LogP contribution in [0.5, 0.6) is 0 Å². The molecule has 0 spiro atoms. The van der Waals surface area contributed by atoms with Gasteiger partial charge in [-0.15, -0.1) is 11.3 Å². The Morgan fingerprint density at radius 1 is 1.43 bits per heavy atom. The Morgan fingerprint density at radius 3 is 2.95 bits per heavy atom. The third-order valence-electron chi connectivity index (χ3n) is 4.01. The maximum absolute atomic E-state index is 11.1. The predicted octanol–water partition coefficient (Wildman–Crippen LogP) is 3.82. The predicted molar refractivity (Wildman–Crippen MR) is 86.4 cm³/mol.